The van der Waals surface area contributed by atoms with Gasteiger partial charge in [-0.15, -0.1) is 0 Å². The zero-order valence-electron chi connectivity index (χ0n) is 21.2. The first-order valence-corrected chi connectivity index (χ1v) is 12.3. The van der Waals surface area contributed by atoms with Crippen molar-refractivity contribution in [2.24, 2.45) is 5.92 Å². The number of ether oxygens (including phenoxy) is 2. The van der Waals surface area contributed by atoms with Crippen LogP contribution in [0.25, 0.3) is 22.4 Å². The number of aryl methyl sites for hydroxylation is 1. The van der Waals surface area contributed by atoms with Crippen molar-refractivity contribution in [2.45, 2.75) is 40.2 Å². The number of rotatable bonds is 7. The van der Waals surface area contributed by atoms with Crippen LogP contribution in [0.2, 0.25) is 0 Å². The Morgan fingerprint density at radius 3 is 2.67 bits per heavy atom. The number of esters is 1. The molecule has 0 spiro atoms. The maximum Gasteiger partial charge on any atom is 0.310 e. The lowest BCUT2D eigenvalue weighted by molar-refractivity contribution is -0.149. The lowest BCUT2D eigenvalue weighted by Gasteiger charge is -2.32. The highest BCUT2D eigenvalue weighted by atomic mass is 16.5. The summed E-state index contributed by atoms with van der Waals surface area (Å²) in [6, 6.07) is 11.1. The minimum Gasteiger partial charge on any atom is -0.497 e. The predicted molar refractivity (Wildman–Crippen MR) is 137 cm³/mol. The maximum absolute atomic E-state index is 13.9. The highest BCUT2D eigenvalue weighted by Crippen LogP contribution is 2.33. The fourth-order valence-corrected chi connectivity index (χ4v) is 4.78. The summed E-state index contributed by atoms with van der Waals surface area (Å²) in [5, 5.41) is 2.79. The zero-order valence-corrected chi connectivity index (χ0v) is 21.2. The second-order valence-electron chi connectivity index (χ2n) is 8.83. The number of hydrogen-bond donors (Lipinski definition) is 1. The Morgan fingerprint density at radius 1 is 1.17 bits per heavy atom. The minimum atomic E-state index is -0.347. The first kappa shape index (κ1) is 25.2. The molecule has 190 valence electrons. The summed E-state index contributed by atoms with van der Waals surface area (Å²) in [6.45, 7) is 6.93. The Labute approximate surface area is 210 Å². The van der Waals surface area contributed by atoms with Gasteiger partial charge in [0.2, 0.25) is 5.91 Å². The van der Waals surface area contributed by atoms with E-state index in [0.717, 1.165) is 5.56 Å². The van der Waals surface area contributed by atoms with Crippen molar-refractivity contribution in [2.75, 3.05) is 32.1 Å². The van der Waals surface area contributed by atoms with Crippen LogP contribution < -0.4 is 10.1 Å². The van der Waals surface area contributed by atoms with Crippen molar-refractivity contribution >= 4 is 34.5 Å². The molecule has 2 amide bonds. The number of amides is 2. The number of anilines is 1. The minimum absolute atomic E-state index is 0.201. The molecule has 0 radical (unpaired) electrons. The van der Waals surface area contributed by atoms with E-state index in [2.05, 4.69) is 5.32 Å². The number of likely N-dealkylation sites (tertiary alicyclic amines) is 1. The normalized spacial score (nSPS) is 15.6. The van der Waals surface area contributed by atoms with E-state index in [-0.39, 0.29) is 23.7 Å². The quantitative estimate of drug-likeness (QED) is 0.498. The number of nitrogens with zero attached hydrogens (tertiary/aromatic N) is 3. The van der Waals surface area contributed by atoms with Gasteiger partial charge in [-0.1, -0.05) is 12.1 Å². The van der Waals surface area contributed by atoms with Gasteiger partial charge in [0.05, 0.1) is 36.2 Å². The van der Waals surface area contributed by atoms with Gasteiger partial charge < -0.3 is 24.3 Å². The average Bonchev–Trinajstić information content (AvgIpc) is 3.26. The van der Waals surface area contributed by atoms with Crippen molar-refractivity contribution < 1.29 is 23.9 Å². The molecule has 0 unspecified atom stereocenters. The van der Waals surface area contributed by atoms with Crippen LogP contribution in [0.15, 0.2) is 36.4 Å². The third-order valence-corrected chi connectivity index (χ3v) is 6.37. The second-order valence-corrected chi connectivity index (χ2v) is 8.83. The molecule has 0 bridgehead atoms. The molecule has 1 aromatic heterocycles. The van der Waals surface area contributed by atoms with Gasteiger partial charge in [0.15, 0.2) is 0 Å². The van der Waals surface area contributed by atoms with Crippen molar-refractivity contribution in [1.29, 1.82) is 0 Å². The highest BCUT2D eigenvalue weighted by Gasteiger charge is 2.31. The van der Waals surface area contributed by atoms with E-state index in [9.17, 15) is 14.4 Å². The first-order valence-electron chi connectivity index (χ1n) is 12.3. The Balaban J connectivity index is 1.83. The Hall–Kier alpha value is -3.88. The SMILES string of the molecule is CCOC(=O)[C@@H]1CCCN(C(=O)c2cc(NC(C)=O)cc3nc(-c4cccc(OC)c4)n(CC)c23)C1. The third kappa shape index (κ3) is 5.05. The molecule has 1 N–H and O–H groups in total. The molecule has 1 fully saturated rings. The number of methoxy groups -OCH3 is 1. The van der Waals surface area contributed by atoms with Gasteiger partial charge in [-0.25, -0.2) is 4.98 Å². The third-order valence-electron chi connectivity index (χ3n) is 6.37. The van der Waals surface area contributed by atoms with Crippen LogP contribution in [0.3, 0.4) is 0 Å². The zero-order chi connectivity index (χ0) is 25.8. The highest BCUT2D eigenvalue weighted by molar-refractivity contribution is 6.08. The van der Waals surface area contributed by atoms with Crippen LogP contribution in [0.5, 0.6) is 5.75 Å². The van der Waals surface area contributed by atoms with E-state index in [1.54, 1.807) is 31.1 Å². The van der Waals surface area contributed by atoms with E-state index in [1.807, 2.05) is 35.8 Å². The molecule has 3 aromatic rings. The number of aromatic nitrogens is 2. The number of hydrogen-bond acceptors (Lipinski definition) is 6. The molecule has 1 atom stereocenters. The maximum atomic E-state index is 13.9. The van der Waals surface area contributed by atoms with Crippen molar-refractivity contribution in [3.8, 4) is 17.1 Å². The fraction of sp³-hybridized carbons (Fsp3) is 0.407. The van der Waals surface area contributed by atoms with Crippen LogP contribution >= 0.6 is 0 Å². The van der Waals surface area contributed by atoms with Crippen LogP contribution in [0.1, 0.15) is 44.0 Å². The van der Waals surface area contributed by atoms with Crippen molar-refractivity contribution in [1.82, 2.24) is 14.5 Å². The van der Waals surface area contributed by atoms with E-state index >= 15 is 0 Å². The molecule has 2 heterocycles. The Morgan fingerprint density at radius 2 is 1.97 bits per heavy atom. The number of imidazole rings is 1. The van der Waals surface area contributed by atoms with Gasteiger partial charge in [-0.2, -0.15) is 0 Å². The van der Waals surface area contributed by atoms with E-state index in [1.165, 1.54) is 6.92 Å². The molecule has 36 heavy (non-hydrogen) atoms. The molecular weight excluding hydrogens is 460 g/mol. The number of piperidine rings is 1. The lowest BCUT2D eigenvalue weighted by Crippen LogP contribution is -2.43. The topological polar surface area (TPSA) is 103 Å². The van der Waals surface area contributed by atoms with Crippen molar-refractivity contribution in [3.05, 3.63) is 42.0 Å². The smallest absolute Gasteiger partial charge is 0.310 e. The monoisotopic (exact) mass is 492 g/mol. The molecule has 9 nitrogen and oxygen atoms in total. The molecule has 0 saturated carbocycles. The Bertz CT molecular complexity index is 1300. The van der Waals surface area contributed by atoms with Crippen LogP contribution in [-0.4, -0.2) is 59.0 Å². The number of benzene rings is 2. The fourth-order valence-electron chi connectivity index (χ4n) is 4.78. The van der Waals surface area contributed by atoms with E-state index < -0.39 is 0 Å². The van der Waals surface area contributed by atoms with Crippen LogP contribution in [0.4, 0.5) is 5.69 Å². The largest absolute Gasteiger partial charge is 0.497 e. The summed E-state index contributed by atoms with van der Waals surface area (Å²) in [5.41, 5.74) is 3.07. The van der Waals surface area contributed by atoms with E-state index in [0.29, 0.717) is 72.9 Å². The lowest BCUT2D eigenvalue weighted by atomic mass is 9.97. The summed E-state index contributed by atoms with van der Waals surface area (Å²) in [4.78, 5) is 44.7. The number of fused-ring (bicyclic) bond motifs is 1. The molecule has 1 aliphatic heterocycles. The number of nitrogens with one attached hydrogen (secondary N) is 1. The summed E-state index contributed by atoms with van der Waals surface area (Å²) in [5.74, 6) is 0.342. The molecule has 1 aliphatic rings. The number of carbonyl (C=O) groups is 3. The van der Waals surface area contributed by atoms with E-state index in [4.69, 9.17) is 14.5 Å². The standard InChI is InChI=1S/C27H32N4O5/c1-5-31-24-22(26(33)30-12-8-10-19(16-30)27(34)36-6-2)14-20(28-17(3)32)15-23(24)29-25(31)18-9-7-11-21(13-18)35-4/h7,9,11,13-15,19H,5-6,8,10,12,16H2,1-4H3,(H,28,32)/t19-/m1/s1. The second kappa shape index (κ2) is 10.8. The molecule has 0 aliphatic carbocycles. The van der Waals surface area contributed by atoms with Gasteiger partial charge >= 0.3 is 5.97 Å². The van der Waals surface area contributed by atoms with Crippen LogP contribution in [-0.2, 0) is 20.9 Å². The summed E-state index contributed by atoms with van der Waals surface area (Å²) in [6.07, 6.45) is 1.41. The van der Waals surface area contributed by atoms with Crippen LogP contribution in [0, 0.1) is 5.92 Å². The van der Waals surface area contributed by atoms with Gasteiger partial charge in [0, 0.05) is 37.8 Å². The molecular formula is C27H32N4O5. The predicted octanol–water partition coefficient (Wildman–Crippen LogP) is 4.11. The number of carbonyl (C=O) groups excluding carboxylic acids is 3. The average molecular weight is 493 g/mol. The summed E-state index contributed by atoms with van der Waals surface area (Å²) >= 11 is 0. The molecule has 1 saturated heterocycles. The van der Waals surface area contributed by atoms with Gasteiger partial charge in [-0.05, 0) is 51.0 Å². The first-order chi connectivity index (χ1) is 17.4. The van der Waals surface area contributed by atoms with Gasteiger partial charge in [-0.3, -0.25) is 14.4 Å². The molecule has 4 rings (SSSR count). The van der Waals surface area contributed by atoms with Crippen molar-refractivity contribution in [3.63, 3.8) is 0 Å². The molecule has 9 heteroatoms. The van der Waals surface area contributed by atoms with Gasteiger partial charge in [0.25, 0.3) is 5.91 Å². The molecule has 2 aromatic carbocycles. The Kier molecular flexibility index (Phi) is 7.57. The summed E-state index contributed by atoms with van der Waals surface area (Å²) < 4.78 is 12.6. The van der Waals surface area contributed by atoms with Gasteiger partial charge in [0.1, 0.15) is 11.6 Å². The summed E-state index contributed by atoms with van der Waals surface area (Å²) in [7, 11) is 1.61.